The van der Waals surface area contributed by atoms with Crippen molar-refractivity contribution in [2.75, 3.05) is 0 Å². The van der Waals surface area contributed by atoms with Gasteiger partial charge in [0.25, 0.3) is 0 Å². The molecule has 0 aromatic carbocycles. The summed E-state index contributed by atoms with van der Waals surface area (Å²) in [7, 11) is 0. The first kappa shape index (κ1) is 13.4. The van der Waals surface area contributed by atoms with Crippen LogP contribution in [0.25, 0.3) is 0 Å². The Morgan fingerprint density at radius 1 is 1.47 bits per heavy atom. The first-order valence-electron chi connectivity index (χ1n) is 5.04. The van der Waals surface area contributed by atoms with Crippen LogP contribution < -0.4 is 5.73 Å². The zero-order chi connectivity index (χ0) is 11.8. The smallest absolute Gasteiger partial charge is 0.0883 e. The Hall–Kier alpha value is -1.57. The van der Waals surface area contributed by atoms with Crippen molar-refractivity contribution >= 4 is 6.21 Å². The average Bonchev–Trinajstić information content (AvgIpc) is 2.18. The van der Waals surface area contributed by atoms with Crippen molar-refractivity contribution in [2.45, 2.75) is 27.2 Å². The molecule has 0 unspecified atom stereocenters. The number of allylic oxidation sites excluding steroid dienone is 4. The molecule has 0 rings (SSSR count). The second-order valence-corrected chi connectivity index (χ2v) is 3.18. The number of hydrogen-bond donors (Lipinski definition) is 1. The van der Waals surface area contributed by atoms with E-state index >= 15 is 0 Å². The van der Waals surface area contributed by atoms with E-state index in [1.54, 1.807) is 12.3 Å². The van der Waals surface area contributed by atoms with E-state index in [0.717, 1.165) is 23.3 Å². The van der Waals surface area contributed by atoms with Crippen LogP contribution in [0.1, 0.15) is 27.2 Å². The van der Waals surface area contributed by atoms with Crippen molar-refractivity contribution in [3.05, 3.63) is 47.9 Å². The third-order valence-electron chi connectivity index (χ3n) is 2.05. The molecule has 2 nitrogen and oxygen atoms in total. The van der Waals surface area contributed by atoms with E-state index in [2.05, 4.69) is 25.1 Å². The molecule has 15 heavy (non-hydrogen) atoms. The normalized spacial score (nSPS) is 13.9. The van der Waals surface area contributed by atoms with E-state index in [-0.39, 0.29) is 0 Å². The summed E-state index contributed by atoms with van der Waals surface area (Å²) in [6.45, 7) is 13.4. The first-order chi connectivity index (χ1) is 7.08. The van der Waals surface area contributed by atoms with Gasteiger partial charge in [-0.05, 0) is 31.4 Å². The standard InChI is InChI=1S/C13H20N2/c1-6-9-10(4)12(7-2)13(11(5)14)15-8-3/h6,8-9H,1,5,7,14H2,2-4H3/b10-9-,13-12+,15-8?. The molecule has 0 aliphatic heterocycles. The summed E-state index contributed by atoms with van der Waals surface area (Å²) in [4.78, 5) is 4.25. The van der Waals surface area contributed by atoms with Gasteiger partial charge in [-0.3, -0.25) is 4.99 Å². The Morgan fingerprint density at radius 3 is 2.40 bits per heavy atom. The van der Waals surface area contributed by atoms with Crippen molar-refractivity contribution in [1.82, 2.24) is 0 Å². The second-order valence-electron chi connectivity index (χ2n) is 3.18. The Bertz CT molecular complexity index is 330. The number of nitrogens with zero attached hydrogens (tertiary/aromatic N) is 1. The Labute approximate surface area is 92.6 Å². The SMILES string of the molecule is C=C/C=C(C)\C(CC)=C(\N=CC)C(=C)N. The van der Waals surface area contributed by atoms with Crippen LogP contribution in [0.4, 0.5) is 0 Å². The van der Waals surface area contributed by atoms with Crippen LogP contribution in [0.15, 0.2) is 52.8 Å². The van der Waals surface area contributed by atoms with Crippen LogP contribution in [-0.4, -0.2) is 6.21 Å². The highest BCUT2D eigenvalue weighted by atomic mass is 14.8. The molecule has 0 atom stereocenters. The lowest BCUT2D eigenvalue weighted by Gasteiger charge is -2.10. The molecule has 0 aliphatic carbocycles. The van der Waals surface area contributed by atoms with Gasteiger partial charge in [-0.15, -0.1) is 0 Å². The fraction of sp³-hybridized carbons (Fsp3) is 0.308. The third-order valence-corrected chi connectivity index (χ3v) is 2.05. The highest BCUT2D eigenvalue weighted by Crippen LogP contribution is 2.21. The topological polar surface area (TPSA) is 38.4 Å². The molecule has 0 heterocycles. The maximum Gasteiger partial charge on any atom is 0.0883 e. The predicted molar refractivity (Wildman–Crippen MR) is 68.8 cm³/mol. The summed E-state index contributed by atoms with van der Waals surface area (Å²) >= 11 is 0. The Morgan fingerprint density at radius 2 is 2.07 bits per heavy atom. The molecule has 0 radical (unpaired) electrons. The van der Waals surface area contributed by atoms with Crippen LogP contribution in [0, 0.1) is 0 Å². The molecular formula is C13H20N2. The zero-order valence-electron chi connectivity index (χ0n) is 9.88. The molecule has 2 heteroatoms. The molecule has 2 N–H and O–H groups in total. The van der Waals surface area contributed by atoms with Gasteiger partial charge in [-0.2, -0.15) is 0 Å². The van der Waals surface area contributed by atoms with E-state index in [1.165, 1.54) is 0 Å². The number of aliphatic imine (C=N–C) groups is 1. The van der Waals surface area contributed by atoms with Crippen LogP contribution in [0.5, 0.6) is 0 Å². The molecule has 0 aliphatic rings. The minimum atomic E-state index is 0.502. The lowest BCUT2D eigenvalue weighted by atomic mass is 10.0. The quantitative estimate of drug-likeness (QED) is 0.541. The third kappa shape index (κ3) is 3.98. The van der Waals surface area contributed by atoms with Crippen molar-refractivity contribution in [2.24, 2.45) is 10.7 Å². The molecule has 0 bridgehead atoms. The van der Waals surface area contributed by atoms with E-state index in [4.69, 9.17) is 5.73 Å². The molecule has 82 valence electrons. The predicted octanol–water partition coefficient (Wildman–Crippen LogP) is 3.35. The maximum atomic E-state index is 5.71. The van der Waals surface area contributed by atoms with Gasteiger partial charge in [0, 0.05) is 6.21 Å². The number of rotatable bonds is 5. The van der Waals surface area contributed by atoms with Gasteiger partial charge < -0.3 is 5.73 Å². The summed E-state index contributed by atoms with van der Waals surface area (Å²) in [6, 6.07) is 0. The first-order valence-corrected chi connectivity index (χ1v) is 5.04. The van der Waals surface area contributed by atoms with Crippen LogP contribution in [-0.2, 0) is 0 Å². The molecule has 0 aromatic heterocycles. The van der Waals surface area contributed by atoms with Gasteiger partial charge in [0.15, 0.2) is 0 Å². The lowest BCUT2D eigenvalue weighted by molar-refractivity contribution is 1.05. The molecule has 0 fully saturated rings. The average molecular weight is 204 g/mol. The van der Waals surface area contributed by atoms with Gasteiger partial charge in [-0.25, -0.2) is 0 Å². The summed E-state index contributed by atoms with van der Waals surface area (Å²) in [6.07, 6.45) is 6.31. The Kier molecular flexibility index (Phi) is 6.11. The Balaban J connectivity index is 5.51. The van der Waals surface area contributed by atoms with Gasteiger partial charge in [0.1, 0.15) is 0 Å². The van der Waals surface area contributed by atoms with Crippen molar-refractivity contribution in [1.29, 1.82) is 0 Å². The second kappa shape index (κ2) is 6.82. The number of nitrogens with two attached hydrogens (primary N) is 1. The van der Waals surface area contributed by atoms with Crippen LogP contribution in [0.3, 0.4) is 0 Å². The van der Waals surface area contributed by atoms with Gasteiger partial charge in [-0.1, -0.05) is 32.2 Å². The molecule has 0 saturated carbocycles. The van der Waals surface area contributed by atoms with Crippen molar-refractivity contribution in [3.8, 4) is 0 Å². The van der Waals surface area contributed by atoms with Crippen LogP contribution in [0.2, 0.25) is 0 Å². The molecular weight excluding hydrogens is 184 g/mol. The fourth-order valence-electron chi connectivity index (χ4n) is 1.39. The monoisotopic (exact) mass is 204 g/mol. The summed E-state index contributed by atoms with van der Waals surface area (Å²) in [5.74, 6) is 0. The van der Waals surface area contributed by atoms with Crippen molar-refractivity contribution < 1.29 is 0 Å². The van der Waals surface area contributed by atoms with Gasteiger partial charge >= 0.3 is 0 Å². The molecule has 0 aromatic rings. The van der Waals surface area contributed by atoms with E-state index in [1.807, 2.05) is 19.9 Å². The highest BCUT2D eigenvalue weighted by molar-refractivity contribution is 5.58. The minimum Gasteiger partial charge on any atom is -0.397 e. The van der Waals surface area contributed by atoms with E-state index in [9.17, 15) is 0 Å². The largest absolute Gasteiger partial charge is 0.397 e. The zero-order valence-corrected chi connectivity index (χ0v) is 9.88. The van der Waals surface area contributed by atoms with E-state index in [0.29, 0.717) is 5.70 Å². The molecule has 0 spiro atoms. The summed E-state index contributed by atoms with van der Waals surface area (Å²) in [5.41, 5.74) is 9.23. The molecule has 0 saturated heterocycles. The maximum absolute atomic E-state index is 5.71. The highest BCUT2D eigenvalue weighted by Gasteiger charge is 2.06. The summed E-state index contributed by atoms with van der Waals surface area (Å²) in [5, 5.41) is 0. The van der Waals surface area contributed by atoms with Crippen LogP contribution >= 0.6 is 0 Å². The lowest BCUT2D eigenvalue weighted by Crippen LogP contribution is -2.02. The number of hydrogen-bond acceptors (Lipinski definition) is 2. The fourth-order valence-corrected chi connectivity index (χ4v) is 1.39. The van der Waals surface area contributed by atoms with Gasteiger partial charge in [0.05, 0.1) is 11.4 Å². The minimum absolute atomic E-state index is 0.502. The summed E-state index contributed by atoms with van der Waals surface area (Å²) < 4.78 is 0. The van der Waals surface area contributed by atoms with E-state index < -0.39 is 0 Å². The van der Waals surface area contributed by atoms with Crippen molar-refractivity contribution in [3.63, 3.8) is 0 Å². The van der Waals surface area contributed by atoms with Gasteiger partial charge in [0.2, 0.25) is 0 Å². The molecule has 0 amide bonds.